The van der Waals surface area contributed by atoms with Crippen LogP contribution in [0, 0.1) is 0 Å². The highest BCUT2D eigenvalue weighted by molar-refractivity contribution is 7.07. The van der Waals surface area contributed by atoms with Gasteiger partial charge in [0.15, 0.2) is 0 Å². The summed E-state index contributed by atoms with van der Waals surface area (Å²) in [5.41, 5.74) is 1.37. The number of carbonyl (C=O) groups excluding carboxylic acids is 1. The number of nitrogens with zero attached hydrogens (tertiary/aromatic N) is 2. The monoisotopic (exact) mass is 268 g/mol. The molecule has 1 fully saturated rings. The van der Waals surface area contributed by atoms with Crippen LogP contribution in [-0.2, 0) is 16.1 Å². The summed E-state index contributed by atoms with van der Waals surface area (Å²) >= 11 is 1.73. The van der Waals surface area contributed by atoms with Crippen molar-refractivity contribution >= 4 is 17.2 Å². The van der Waals surface area contributed by atoms with Crippen LogP contribution in [0.15, 0.2) is 16.8 Å². The standard InChI is InChI=1S/C13H20N2O2S/c1-2-17-10-13(16)15-6-4-14(5-7-15)9-12-3-8-18-11-12/h3,8,11H,2,4-7,9-10H2,1H3. The van der Waals surface area contributed by atoms with Crippen LogP contribution in [0.5, 0.6) is 0 Å². The van der Waals surface area contributed by atoms with Gasteiger partial charge < -0.3 is 9.64 Å². The summed E-state index contributed by atoms with van der Waals surface area (Å²) in [6.45, 7) is 7.27. The maximum Gasteiger partial charge on any atom is 0.248 e. The molecular formula is C13H20N2O2S. The van der Waals surface area contributed by atoms with Gasteiger partial charge in [0.05, 0.1) is 0 Å². The summed E-state index contributed by atoms with van der Waals surface area (Å²) in [5, 5.41) is 4.30. The number of amides is 1. The van der Waals surface area contributed by atoms with Crippen LogP contribution >= 0.6 is 11.3 Å². The maximum absolute atomic E-state index is 11.8. The van der Waals surface area contributed by atoms with Crippen molar-refractivity contribution < 1.29 is 9.53 Å². The summed E-state index contributed by atoms with van der Waals surface area (Å²) in [6, 6.07) is 2.16. The van der Waals surface area contributed by atoms with Crippen LogP contribution in [0.2, 0.25) is 0 Å². The molecule has 1 aliphatic heterocycles. The van der Waals surface area contributed by atoms with E-state index in [-0.39, 0.29) is 12.5 Å². The van der Waals surface area contributed by atoms with E-state index in [0.717, 1.165) is 32.7 Å². The lowest BCUT2D eigenvalue weighted by Crippen LogP contribution is -2.49. The Morgan fingerprint density at radius 2 is 2.17 bits per heavy atom. The summed E-state index contributed by atoms with van der Waals surface area (Å²) < 4.78 is 5.16. The molecule has 0 radical (unpaired) electrons. The molecule has 1 saturated heterocycles. The van der Waals surface area contributed by atoms with E-state index in [2.05, 4.69) is 21.7 Å². The minimum absolute atomic E-state index is 0.118. The summed E-state index contributed by atoms with van der Waals surface area (Å²) in [5.74, 6) is 0.118. The molecule has 2 heterocycles. The molecule has 1 amide bonds. The average molecular weight is 268 g/mol. The van der Waals surface area contributed by atoms with E-state index < -0.39 is 0 Å². The van der Waals surface area contributed by atoms with Crippen molar-refractivity contribution in [2.75, 3.05) is 39.4 Å². The number of hydrogen-bond acceptors (Lipinski definition) is 4. The number of hydrogen-bond donors (Lipinski definition) is 0. The van der Waals surface area contributed by atoms with Gasteiger partial charge in [-0.15, -0.1) is 0 Å². The third kappa shape index (κ3) is 3.80. The lowest BCUT2D eigenvalue weighted by atomic mass is 10.2. The largest absolute Gasteiger partial charge is 0.372 e. The zero-order chi connectivity index (χ0) is 12.8. The Morgan fingerprint density at radius 3 is 2.78 bits per heavy atom. The van der Waals surface area contributed by atoms with Gasteiger partial charge in [-0.2, -0.15) is 11.3 Å². The third-order valence-corrected chi connectivity index (χ3v) is 3.87. The first-order chi connectivity index (χ1) is 8.79. The van der Waals surface area contributed by atoms with Gasteiger partial charge in [-0.05, 0) is 29.3 Å². The van der Waals surface area contributed by atoms with Crippen LogP contribution in [0.3, 0.4) is 0 Å². The third-order valence-electron chi connectivity index (χ3n) is 3.14. The van der Waals surface area contributed by atoms with E-state index in [4.69, 9.17) is 4.74 Å². The van der Waals surface area contributed by atoms with E-state index in [9.17, 15) is 4.79 Å². The molecule has 2 rings (SSSR count). The van der Waals surface area contributed by atoms with Gasteiger partial charge in [0, 0.05) is 39.3 Å². The van der Waals surface area contributed by atoms with Crippen LogP contribution < -0.4 is 0 Å². The number of carbonyl (C=O) groups is 1. The van der Waals surface area contributed by atoms with Gasteiger partial charge in [0.25, 0.3) is 0 Å². The Bertz CT molecular complexity index is 359. The summed E-state index contributed by atoms with van der Waals surface area (Å²) in [7, 11) is 0. The molecule has 0 N–H and O–H groups in total. The molecule has 0 atom stereocenters. The number of piperazine rings is 1. The van der Waals surface area contributed by atoms with E-state index in [0.29, 0.717) is 6.61 Å². The van der Waals surface area contributed by atoms with E-state index in [1.54, 1.807) is 11.3 Å². The van der Waals surface area contributed by atoms with Crippen molar-refractivity contribution in [3.05, 3.63) is 22.4 Å². The molecule has 0 spiro atoms. The fraction of sp³-hybridized carbons (Fsp3) is 0.615. The molecule has 0 unspecified atom stereocenters. The Balaban J connectivity index is 1.72. The predicted molar refractivity (Wildman–Crippen MR) is 72.7 cm³/mol. The normalized spacial score (nSPS) is 17.1. The van der Waals surface area contributed by atoms with Crippen LogP contribution in [-0.4, -0.2) is 55.1 Å². The Morgan fingerprint density at radius 1 is 1.39 bits per heavy atom. The van der Waals surface area contributed by atoms with Crippen molar-refractivity contribution in [2.24, 2.45) is 0 Å². The van der Waals surface area contributed by atoms with Gasteiger partial charge in [-0.25, -0.2) is 0 Å². The van der Waals surface area contributed by atoms with Crippen molar-refractivity contribution in [3.63, 3.8) is 0 Å². The van der Waals surface area contributed by atoms with Crippen molar-refractivity contribution in [3.8, 4) is 0 Å². The number of thiophene rings is 1. The molecular weight excluding hydrogens is 248 g/mol. The first-order valence-electron chi connectivity index (χ1n) is 6.38. The lowest BCUT2D eigenvalue weighted by molar-refractivity contribution is -0.137. The van der Waals surface area contributed by atoms with Gasteiger partial charge in [-0.1, -0.05) is 0 Å². The smallest absolute Gasteiger partial charge is 0.248 e. The van der Waals surface area contributed by atoms with Gasteiger partial charge in [0.2, 0.25) is 5.91 Å². The first kappa shape index (κ1) is 13.5. The minimum Gasteiger partial charge on any atom is -0.372 e. The van der Waals surface area contributed by atoms with Gasteiger partial charge in [-0.3, -0.25) is 9.69 Å². The summed E-state index contributed by atoms with van der Waals surface area (Å²) in [6.07, 6.45) is 0. The Kier molecular flexibility index (Phi) is 5.16. The minimum atomic E-state index is 0.118. The highest BCUT2D eigenvalue weighted by atomic mass is 32.1. The number of ether oxygens (including phenoxy) is 1. The maximum atomic E-state index is 11.8. The van der Waals surface area contributed by atoms with Crippen LogP contribution in [0.4, 0.5) is 0 Å². The molecule has 0 saturated carbocycles. The Labute approximate surface area is 112 Å². The van der Waals surface area contributed by atoms with Crippen molar-refractivity contribution in [1.29, 1.82) is 0 Å². The predicted octanol–water partition coefficient (Wildman–Crippen LogP) is 1.43. The SMILES string of the molecule is CCOCC(=O)N1CCN(Cc2ccsc2)CC1. The second-order valence-electron chi connectivity index (χ2n) is 4.43. The Hall–Kier alpha value is -0.910. The fourth-order valence-corrected chi connectivity index (χ4v) is 2.74. The fourth-order valence-electron chi connectivity index (χ4n) is 2.08. The molecule has 18 heavy (non-hydrogen) atoms. The summed E-state index contributed by atoms with van der Waals surface area (Å²) in [4.78, 5) is 16.1. The van der Waals surface area contributed by atoms with Crippen molar-refractivity contribution in [1.82, 2.24) is 9.80 Å². The topological polar surface area (TPSA) is 32.8 Å². The van der Waals surface area contributed by atoms with E-state index >= 15 is 0 Å². The number of rotatable bonds is 5. The second kappa shape index (κ2) is 6.87. The molecule has 0 bridgehead atoms. The van der Waals surface area contributed by atoms with Gasteiger partial charge >= 0.3 is 0 Å². The highest BCUT2D eigenvalue weighted by Crippen LogP contribution is 2.11. The molecule has 1 aromatic heterocycles. The van der Waals surface area contributed by atoms with Crippen LogP contribution in [0.25, 0.3) is 0 Å². The molecule has 1 aliphatic rings. The second-order valence-corrected chi connectivity index (χ2v) is 5.21. The lowest BCUT2D eigenvalue weighted by Gasteiger charge is -2.34. The molecule has 0 aliphatic carbocycles. The van der Waals surface area contributed by atoms with E-state index in [1.165, 1.54) is 5.56 Å². The zero-order valence-electron chi connectivity index (χ0n) is 10.8. The van der Waals surface area contributed by atoms with E-state index in [1.807, 2.05) is 11.8 Å². The highest BCUT2D eigenvalue weighted by Gasteiger charge is 2.20. The molecule has 1 aromatic rings. The molecule has 5 heteroatoms. The molecule has 4 nitrogen and oxygen atoms in total. The van der Waals surface area contributed by atoms with Crippen molar-refractivity contribution in [2.45, 2.75) is 13.5 Å². The quantitative estimate of drug-likeness (QED) is 0.810. The molecule has 100 valence electrons. The van der Waals surface area contributed by atoms with Crippen LogP contribution in [0.1, 0.15) is 12.5 Å². The average Bonchev–Trinajstić information content (AvgIpc) is 2.89. The first-order valence-corrected chi connectivity index (χ1v) is 7.33. The molecule has 0 aromatic carbocycles. The zero-order valence-corrected chi connectivity index (χ0v) is 11.6. The van der Waals surface area contributed by atoms with Gasteiger partial charge in [0.1, 0.15) is 6.61 Å².